The standard InChI is InChI=1S/C14H18N2O/c1-3-17-11-10-16(2)14-9-8-12-6-4-5-7-13(12)15-14/h4-9H,3,10-11H2,1-2H3. The van der Waals surface area contributed by atoms with Crippen LogP contribution in [0.15, 0.2) is 36.4 Å². The Morgan fingerprint density at radius 1 is 1.18 bits per heavy atom. The molecule has 90 valence electrons. The lowest BCUT2D eigenvalue weighted by Gasteiger charge is -2.18. The lowest BCUT2D eigenvalue weighted by Crippen LogP contribution is -2.23. The molecule has 1 heterocycles. The van der Waals surface area contributed by atoms with Crippen molar-refractivity contribution in [2.45, 2.75) is 6.92 Å². The minimum atomic E-state index is 0.738. The molecule has 0 radical (unpaired) electrons. The Bertz CT molecular complexity index is 484. The van der Waals surface area contributed by atoms with Crippen molar-refractivity contribution in [3.8, 4) is 0 Å². The number of fused-ring (bicyclic) bond motifs is 1. The van der Waals surface area contributed by atoms with E-state index in [1.807, 2.05) is 38.2 Å². The second kappa shape index (κ2) is 5.64. The molecule has 0 N–H and O–H groups in total. The van der Waals surface area contributed by atoms with Crippen LogP contribution in [0.4, 0.5) is 5.82 Å². The zero-order valence-electron chi connectivity index (χ0n) is 10.4. The van der Waals surface area contributed by atoms with Gasteiger partial charge >= 0.3 is 0 Å². The minimum absolute atomic E-state index is 0.738. The van der Waals surface area contributed by atoms with Gasteiger partial charge in [-0.25, -0.2) is 4.98 Å². The largest absolute Gasteiger partial charge is 0.380 e. The molecule has 3 heteroatoms. The summed E-state index contributed by atoms with van der Waals surface area (Å²) in [4.78, 5) is 6.74. The van der Waals surface area contributed by atoms with E-state index in [0.29, 0.717) is 0 Å². The van der Waals surface area contributed by atoms with Crippen molar-refractivity contribution in [3.63, 3.8) is 0 Å². The first-order valence-electron chi connectivity index (χ1n) is 5.96. The Morgan fingerprint density at radius 2 is 2.00 bits per heavy atom. The Morgan fingerprint density at radius 3 is 2.82 bits per heavy atom. The summed E-state index contributed by atoms with van der Waals surface area (Å²) < 4.78 is 5.34. The fourth-order valence-corrected chi connectivity index (χ4v) is 1.73. The van der Waals surface area contributed by atoms with Crippen LogP contribution in [0.25, 0.3) is 10.9 Å². The zero-order valence-corrected chi connectivity index (χ0v) is 10.4. The fraction of sp³-hybridized carbons (Fsp3) is 0.357. The molecule has 17 heavy (non-hydrogen) atoms. The molecule has 2 aromatic rings. The minimum Gasteiger partial charge on any atom is -0.380 e. The number of aromatic nitrogens is 1. The van der Waals surface area contributed by atoms with Crippen LogP contribution < -0.4 is 4.90 Å². The van der Waals surface area contributed by atoms with E-state index in [9.17, 15) is 0 Å². The van der Waals surface area contributed by atoms with Crippen molar-refractivity contribution in [2.75, 3.05) is 31.7 Å². The number of nitrogens with zero attached hydrogens (tertiary/aromatic N) is 2. The van der Waals surface area contributed by atoms with E-state index in [1.165, 1.54) is 5.39 Å². The lowest BCUT2D eigenvalue weighted by molar-refractivity contribution is 0.154. The van der Waals surface area contributed by atoms with Gasteiger partial charge in [0.15, 0.2) is 0 Å². The summed E-state index contributed by atoms with van der Waals surface area (Å²) >= 11 is 0. The number of anilines is 1. The quantitative estimate of drug-likeness (QED) is 0.738. The molecule has 0 amide bonds. The van der Waals surface area contributed by atoms with Crippen LogP contribution in [0.1, 0.15) is 6.92 Å². The summed E-state index contributed by atoms with van der Waals surface area (Å²) in [6, 6.07) is 12.3. The van der Waals surface area contributed by atoms with E-state index in [0.717, 1.165) is 31.1 Å². The highest BCUT2D eigenvalue weighted by Crippen LogP contribution is 2.16. The van der Waals surface area contributed by atoms with Crippen LogP contribution in [0.3, 0.4) is 0 Å². The summed E-state index contributed by atoms with van der Waals surface area (Å²) in [5, 5.41) is 1.18. The summed E-state index contributed by atoms with van der Waals surface area (Å²) in [5.74, 6) is 0.989. The molecule has 0 spiro atoms. The summed E-state index contributed by atoms with van der Waals surface area (Å²) in [5.41, 5.74) is 1.04. The third-order valence-electron chi connectivity index (χ3n) is 2.75. The Balaban J connectivity index is 2.12. The first kappa shape index (κ1) is 11.9. The van der Waals surface area contributed by atoms with E-state index >= 15 is 0 Å². The number of rotatable bonds is 5. The van der Waals surface area contributed by atoms with Crippen LogP contribution in [0, 0.1) is 0 Å². The molecule has 0 aliphatic carbocycles. The van der Waals surface area contributed by atoms with Gasteiger partial charge in [0.05, 0.1) is 12.1 Å². The second-order valence-electron chi connectivity index (χ2n) is 3.98. The van der Waals surface area contributed by atoms with Crippen LogP contribution in [0.5, 0.6) is 0 Å². The first-order valence-corrected chi connectivity index (χ1v) is 5.96. The van der Waals surface area contributed by atoms with Crippen molar-refractivity contribution >= 4 is 16.7 Å². The Labute approximate surface area is 102 Å². The average Bonchev–Trinajstić information content (AvgIpc) is 2.38. The maximum absolute atomic E-state index is 5.34. The Kier molecular flexibility index (Phi) is 3.94. The molecule has 0 fully saturated rings. The SMILES string of the molecule is CCOCCN(C)c1ccc2ccccc2n1. The first-order chi connectivity index (χ1) is 8.31. The van der Waals surface area contributed by atoms with Gasteiger partial charge in [-0.2, -0.15) is 0 Å². The average molecular weight is 230 g/mol. The van der Waals surface area contributed by atoms with Gasteiger partial charge in [-0.3, -0.25) is 0 Å². The molecule has 0 aliphatic heterocycles. The molecule has 1 aromatic heterocycles. The number of hydrogen-bond donors (Lipinski definition) is 0. The van der Waals surface area contributed by atoms with Crippen LogP contribution in [-0.4, -0.2) is 31.8 Å². The van der Waals surface area contributed by atoms with E-state index < -0.39 is 0 Å². The van der Waals surface area contributed by atoms with Crippen LogP contribution >= 0.6 is 0 Å². The summed E-state index contributed by atoms with van der Waals surface area (Å²) in [7, 11) is 2.04. The Hall–Kier alpha value is -1.61. The van der Waals surface area contributed by atoms with E-state index in [2.05, 4.69) is 22.0 Å². The topological polar surface area (TPSA) is 25.4 Å². The van der Waals surface area contributed by atoms with E-state index in [4.69, 9.17) is 4.74 Å². The molecule has 0 saturated heterocycles. The highest BCUT2D eigenvalue weighted by Gasteiger charge is 2.03. The fourth-order valence-electron chi connectivity index (χ4n) is 1.73. The summed E-state index contributed by atoms with van der Waals surface area (Å²) in [6.45, 7) is 4.37. The molecular weight excluding hydrogens is 212 g/mol. The van der Waals surface area contributed by atoms with Gasteiger partial charge in [-0.1, -0.05) is 18.2 Å². The monoisotopic (exact) mass is 230 g/mol. The third-order valence-corrected chi connectivity index (χ3v) is 2.75. The van der Waals surface area contributed by atoms with Crippen molar-refractivity contribution in [1.29, 1.82) is 0 Å². The number of ether oxygens (including phenoxy) is 1. The number of pyridine rings is 1. The van der Waals surface area contributed by atoms with Gasteiger partial charge in [-0.05, 0) is 25.1 Å². The molecule has 1 aromatic carbocycles. The normalized spacial score (nSPS) is 10.7. The number of hydrogen-bond acceptors (Lipinski definition) is 3. The molecular formula is C14H18N2O. The number of benzene rings is 1. The predicted molar refractivity (Wildman–Crippen MR) is 71.5 cm³/mol. The second-order valence-corrected chi connectivity index (χ2v) is 3.98. The van der Waals surface area contributed by atoms with E-state index in [1.54, 1.807) is 0 Å². The summed E-state index contributed by atoms with van der Waals surface area (Å²) in [6.07, 6.45) is 0. The van der Waals surface area contributed by atoms with Gasteiger partial charge in [0.1, 0.15) is 5.82 Å². The van der Waals surface area contributed by atoms with Gasteiger partial charge in [0.25, 0.3) is 0 Å². The van der Waals surface area contributed by atoms with Gasteiger partial charge in [-0.15, -0.1) is 0 Å². The van der Waals surface area contributed by atoms with Gasteiger partial charge in [0.2, 0.25) is 0 Å². The number of likely N-dealkylation sites (N-methyl/N-ethyl adjacent to an activating group) is 1. The smallest absolute Gasteiger partial charge is 0.129 e. The van der Waals surface area contributed by atoms with Gasteiger partial charge < -0.3 is 9.64 Å². The maximum Gasteiger partial charge on any atom is 0.129 e. The van der Waals surface area contributed by atoms with Gasteiger partial charge in [0, 0.05) is 25.6 Å². The highest BCUT2D eigenvalue weighted by atomic mass is 16.5. The lowest BCUT2D eigenvalue weighted by atomic mass is 10.2. The predicted octanol–water partition coefficient (Wildman–Crippen LogP) is 2.71. The number of para-hydroxylation sites is 1. The van der Waals surface area contributed by atoms with Crippen molar-refractivity contribution < 1.29 is 4.74 Å². The van der Waals surface area contributed by atoms with Crippen LogP contribution in [-0.2, 0) is 4.74 Å². The highest BCUT2D eigenvalue weighted by molar-refractivity contribution is 5.80. The molecule has 0 aliphatic rings. The molecule has 0 unspecified atom stereocenters. The van der Waals surface area contributed by atoms with E-state index in [-0.39, 0.29) is 0 Å². The van der Waals surface area contributed by atoms with Crippen LogP contribution in [0.2, 0.25) is 0 Å². The maximum atomic E-state index is 5.34. The van der Waals surface area contributed by atoms with Crippen molar-refractivity contribution in [2.24, 2.45) is 0 Å². The molecule has 0 saturated carbocycles. The third kappa shape index (κ3) is 2.94. The van der Waals surface area contributed by atoms with Crippen molar-refractivity contribution in [3.05, 3.63) is 36.4 Å². The molecule has 3 nitrogen and oxygen atoms in total. The van der Waals surface area contributed by atoms with Crippen molar-refractivity contribution in [1.82, 2.24) is 4.98 Å². The molecule has 2 rings (SSSR count). The molecule has 0 bridgehead atoms. The molecule has 0 atom stereocenters. The zero-order chi connectivity index (χ0) is 12.1.